The summed E-state index contributed by atoms with van der Waals surface area (Å²) in [6, 6.07) is 0. The van der Waals surface area contributed by atoms with E-state index in [0.29, 0.717) is 0 Å². The molecule has 1 heterocycles. The van der Waals surface area contributed by atoms with Gasteiger partial charge >= 0.3 is 19.5 Å². The zero-order valence-corrected chi connectivity index (χ0v) is 13.4. The van der Waals surface area contributed by atoms with Gasteiger partial charge in [0, 0.05) is 24.9 Å². The van der Waals surface area contributed by atoms with Crippen molar-refractivity contribution in [1.82, 2.24) is 4.90 Å². The van der Waals surface area contributed by atoms with Crippen LogP contribution in [0.4, 0.5) is 0 Å². The van der Waals surface area contributed by atoms with Crippen molar-refractivity contribution >= 4 is 18.1 Å². The van der Waals surface area contributed by atoms with E-state index in [1.807, 2.05) is 6.08 Å². The Morgan fingerprint density at radius 3 is 2.38 bits per heavy atom. The predicted octanol–water partition coefficient (Wildman–Crippen LogP) is 2.41. The maximum absolute atomic E-state index is 8.66. The Morgan fingerprint density at radius 1 is 1.25 bits per heavy atom. The molecule has 0 aromatic rings. The largest absolute Gasteiger partial charge is 2.00 e. The van der Waals surface area contributed by atoms with Gasteiger partial charge in [0.25, 0.3) is 5.71 Å². The predicted molar refractivity (Wildman–Crippen MR) is 63.1 cm³/mol. The number of nitrogens with zero attached hydrogens (tertiary/aromatic N) is 3. The first-order valence-electron chi connectivity index (χ1n) is 5.15. The zero-order chi connectivity index (χ0) is 9.97. The summed E-state index contributed by atoms with van der Waals surface area (Å²) in [7, 11) is 0. The SMILES string of the molecule is CC1=C(N2CCCC2)C=CC(=[N+]=[N-])C1.Cl.[Zn+2]. The van der Waals surface area contributed by atoms with E-state index in [1.54, 1.807) is 0 Å². The van der Waals surface area contributed by atoms with Crippen molar-refractivity contribution < 1.29 is 24.3 Å². The van der Waals surface area contributed by atoms with Gasteiger partial charge in [-0.2, -0.15) is 4.79 Å². The van der Waals surface area contributed by atoms with Crippen molar-refractivity contribution in [3.63, 3.8) is 0 Å². The average Bonchev–Trinajstić information content (AvgIpc) is 2.70. The molecule has 1 saturated heterocycles. The first-order valence-corrected chi connectivity index (χ1v) is 5.15. The van der Waals surface area contributed by atoms with E-state index in [4.69, 9.17) is 5.53 Å². The Labute approximate surface area is 115 Å². The van der Waals surface area contributed by atoms with Crippen LogP contribution in [0.1, 0.15) is 26.2 Å². The fraction of sp³-hybridized carbons (Fsp3) is 0.545. The molecule has 0 aromatic heterocycles. The molecule has 0 atom stereocenters. The molecule has 0 bridgehead atoms. The second-order valence-electron chi connectivity index (χ2n) is 3.96. The molecule has 0 spiro atoms. The molecule has 82 valence electrons. The van der Waals surface area contributed by atoms with Gasteiger partial charge in [-0.25, -0.2) is 0 Å². The second kappa shape index (κ2) is 7.01. The minimum absolute atomic E-state index is 0. The number of allylic oxidation sites excluding steroid dienone is 3. The molecule has 3 nitrogen and oxygen atoms in total. The molecule has 1 aliphatic heterocycles. The average molecular weight is 291 g/mol. The summed E-state index contributed by atoms with van der Waals surface area (Å²) < 4.78 is 0. The minimum Gasteiger partial charge on any atom is -0.372 e. The number of hydrogen-bond acceptors (Lipinski definition) is 1. The normalized spacial score (nSPS) is 19.1. The van der Waals surface area contributed by atoms with E-state index in [0.717, 1.165) is 12.1 Å². The van der Waals surface area contributed by atoms with E-state index < -0.39 is 0 Å². The molecular weight excluding hydrogens is 275 g/mol. The molecule has 1 aliphatic carbocycles. The summed E-state index contributed by atoms with van der Waals surface area (Å²) in [5, 5.41) is 0. The molecule has 0 amide bonds. The minimum atomic E-state index is 0. The van der Waals surface area contributed by atoms with E-state index in [-0.39, 0.29) is 31.9 Å². The van der Waals surface area contributed by atoms with Crippen LogP contribution in [0.3, 0.4) is 0 Å². The van der Waals surface area contributed by atoms with Crippen LogP contribution in [-0.4, -0.2) is 28.5 Å². The van der Waals surface area contributed by atoms with E-state index in [1.165, 1.54) is 37.2 Å². The first kappa shape index (κ1) is 15.6. The van der Waals surface area contributed by atoms with E-state index in [2.05, 4.69) is 22.7 Å². The Morgan fingerprint density at radius 2 is 1.88 bits per heavy atom. The number of hydrogen-bond donors (Lipinski definition) is 0. The number of rotatable bonds is 1. The Hall–Kier alpha value is -0.427. The molecule has 5 heteroatoms. The van der Waals surface area contributed by atoms with Crippen LogP contribution in [0.2, 0.25) is 0 Å². The number of likely N-dealkylation sites (tertiary alicyclic amines) is 1. The summed E-state index contributed by atoms with van der Waals surface area (Å²) in [4.78, 5) is 5.65. The van der Waals surface area contributed by atoms with Crippen LogP contribution in [-0.2, 0) is 19.5 Å². The standard InChI is InChI=1S/C11H15N3.ClH.Zn/c1-9-8-10(13-12)4-5-11(9)14-6-2-3-7-14;;/h4-5H,2-3,6-8H2,1H3;1H;/q;;+2. The van der Waals surface area contributed by atoms with Crippen molar-refractivity contribution in [2.24, 2.45) is 0 Å². The number of halogens is 1. The van der Waals surface area contributed by atoms with Gasteiger partial charge in [-0.15, -0.1) is 12.4 Å². The zero-order valence-electron chi connectivity index (χ0n) is 9.65. The second-order valence-corrected chi connectivity index (χ2v) is 3.96. The molecule has 16 heavy (non-hydrogen) atoms. The smallest absolute Gasteiger partial charge is 0.372 e. The Balaban J connectivity index is 0.00000112. The molecule has 2 rings (SSSR count). The van der Waals surface area contributed by atoms with Crippen LogP contribution in [0.5, 0.6) is 0 Å². The monoisotopic (exact) mass is 289 g/mol. The summed E-state index contributed by atoms with van der Waals surface area (Å²) in [5.74, 6) is 0. The fourth-order valence-corrected chi connectivity index (χ4v) is 2.14. The van der Waals surface area contributed by atoms with E-state index in [9.17, 15) is 0 Å². The van der Waals surface area contributed by atoms with Crippen LogP contribution in [0.15, 0.2) is 23.4 Å². The van der Waals surface area contributed by atoms with Crippen molar-refractivity contribution in [3.8, 4) is 0 Å². The summed E-state index contributed by atoms with van der Waals surface area (Å²) in [5.41, 5.74) is 12.1. The topological polar surface area (TPSA) is 39.6 Å². The fourth-order valence-electron chi connectivity index (χ4n) is 2.14. The Bertz CT molecular complexity index is 350. The van der Waals surface area contributed by atoms with Gasteiger partial charge in [-0.05, 0) is 31.4 Å². The summed E-state index contributed by atoms with van der Waals surface area (Å²) in [6.45, 7) is 4.45. The molecule has 2 aliphatic rings. The van der Waals surface area contributed by atoms with Crippen LogP contribution < -0.4 is 0 Å². The van der Waals surface area contributed by atoms with Gasteiger partial charge in [0.05, 0.1) is 6.42 Å². The maximum Gasteiger partial charge on any atom is 2.00 e. The van der Waals surface area contributed by atoms with Gasteiger partial charge in [-0.1, -0.05) is 0 Å². The third-order valence-corrected chi connectivity index (χ3v) is 2.89. The maximum atomic E-state index is 8.66. The molecule has 0 aromatic carbocycles. The van der Waals surface area contributed by atoms with Gasteiger partial charge in [-0.3, -0.25) is 0 Å². The van der Waals surface area contributed by atoms with Crippen molar-refractivity contribution in [2.75, 3.05) is 13.1 Å². The first-order chi connectivity index (χ1) is 6.81. The quantitative estimate of drug-likeness (QED) is 0.415. The molecule has 0 saturated carbocycles. The van der Waals surface area contributed by atoms with Gasteiger partial charge in [0.15, 0.2) is 0 Å². The third kappa shape index (κ3) is 3.28. The van der Waals surface area contributed by atoms with Gasteiger partial charge in [0.2, 0.25) is 0 Å². The molecular formula is C11H16ClN3Zn+2. The third-order valence-electron chi connectivity index (χ3n) is 2.89. The van der Waals surface area contributed by atoms with Crippen LogP contribution >= 0.6 is 12.4 Å². The molecule has 0 radical (unpaired) electrons. The van der Waals surface area contributed by atoms with Crippen molar-refractivity contribution in [2.45, 2.75) is 26.2 Å². The molecule has 0 unspecified atom stereocenters. The van der Waals surface area contributed by atoms with Crippen LogP contribution in [0, 0.1) is 0 Å². The Kier molecular flexibility index (Phi) is 6.82. The van der Waals surface area contributed by atoms with Gasteiger partial charge in [0.1, 0.15) is 0 Å². The molecule has 1 fully saturated rings. The summed E-state index contributed by atoms with van der Waals surface area (Å²) in [6.07, 6.45) is 7.34. The van der Waals surface area contributed by atoms with E-state index >= 15 is 0 Å². The van der Waals surface area contributed by atoms with Crippen molar-refractivity contribution in [1.29, 1.82) is 0 Å². The van der Waals surface area contributed by atoms with Crippen LogP contribution in [0.25, 0.3) is 5.53 Å². The van der Waals surface area contributed by atoms with Crippen molar-refractivity contribution in [3.05, 3.63) is 29.0 Å². The molecule has 0 N–H and O–H groups in total. The summed E-state index contributed by atoms with van der Waals surface area (Å²) >= 11 is 0. The van der Waals surface area contributed by atoms with Gasteiger partial charge < -0.3 is 10.4 Å².